The summed E-state index contributed by atoms with van der Waals surface area (Å²) in [5, 5.41) is 2.85. The van der Waals surface area contributed by atoms with Crippen LogP contribution in [-0.4, -0.2) is 25.2 Å². The Morgan fingerprint density at radius 2 is 2.00 bits per heavy atom. The largest absolute Gasteiger partial charge is 0.494 e. The van der Waals surface area contributed by atoms with E-state index < -0.39 is 0 Å². The van der Waals surface area contributed by atoms with Gasteiger partial charge in [-0.3, -0.25) is 4.79 Å². The number of hydrogen-bond acceptors (Lipinski definition) is 4. The molecular formula is C15H24N2O3. The molecule has 5 nitrogen and oxygen atoms in total. The van der Waals surface area contributed by atoms with Crippen LogP contribution in [0, 0.1) is 0 Å². The third kappa shape index (κ3) is 5.48. The summed E-state index contributed by atoms with van der Waals surface area (Å²) < 4.78 is 10.9. The van der Waals surface area contributed by atoms with Gasteiger partial charge in [-0.1, -0.05) is 0 Å². The molecule has 0 aromatic heterocycles. The average Bonchev–Trinajstić information content (AvgIpc) is 2.40. The molecule has 0 spiro atoms. The van der Waals surface area contributed by atoms with Gasteiger partial charge in [-0.15, -0.1) is 0 Å². The number of benzene rings is 1. The molecule has 0 bridgehead atoms. The monoisotopic (exact) mass is 280 g/mol. The van der Waals surface area contributed by atoms with E-state index in [-0.39, 0.29) is 11.9 Å². The van der Waals surface area contributed by atoms with Crippen LogP contribution >= 0.6 is 0 Å². The lowest BCUT2D eigenvalue weighted by Crippen LogP contribution is -2.19. The van der Waals surface area contributed by atoms with Gasteiger partial charge in [0.1, 0.15) is 11.5 Å². The van der Waals surface area contributed by atoms with E-state index in [1.165, 1.54) is 0 Å². The van der Waals surface area contributed by atoms with Crippen LogP contribution in [0.4, 0.5) is 5.69 Å². The van der Waals surface area contributed by atoms with Gasteiger partial charge in [0.25, 0.3) is 0 Å². The van der Waals surface area contributed by atoms with Crippen molar-refractivity contribution in [2.75, 3.05) is 18.5 Å². The highest BCUT2D eigenvalue weighted by Gasteiger charge is 2.10. The van der Waals surface area contributed by atoms with E-state index in [0.29, 0.717) is 43.2 Å². The predicted octanol–water partition coefficient (Wildman–Crippen LogP) is 2.55. The molecule has 0 aliphatic carbocycles. The summed E-state index contributed by atoms with van der Waals surface area (Å²) in [6, 6.07) is 5.42. The highest BCUT2D eigenvalue weighted by Crippen LogP contribution is 2.29. The quantitative estimate of drug-likeness (QED) is 0.767. The molecule has 0 aliphatic rings. The molecule has 0 radical (unpaired) electrons. The predicted molar refractivity (Wildman–Crippen MR) is 80.3 cm³/mol. The molecule has 5 heteroatoms. The van der Waals surface area contributed by atoms with Gasteiger partial charge in [0, 0.05) is 18.5 Å². The Hall–Kier alpha value is -1.75. The Bertz CT molecular complexity index is 433. The summed E-state index contributed by atoms with van der Waals surface area (Å²) in [6.45, 7) is 6.81. The fourth-order valence-electron chi connectivity index (χ4n) is 1.72. The van der Waals surface area contributed by atoms with E-state index in [9.17, 15) is 4.79 Å². The minimum absolute atomic E-state index is 0.0156. The first-order valence-corrected chi connectivity index (χ1v) is 7.01. The summed E-state index contributed by atoms with van der Waals surface area (Å²) >= 11 is 0. The summed E-state index contributed by atoms with van der Waals surface area (Å²) in [4.78, 5) is 11.9. The second kappa shape index (κ2) is 8.43. The molecule has 1 atom stereocenters. The van der Waals surface area contributed by atoms with Crippen molar-refractivity contribution < 1.29 is 14.3 Å². The minimum atomic E-state index is -0.0723. The van der Waals surface area contributed by atoms with Crippen molar-refractivity contribution in [1.29, 1.82) is 0 Å². The molecule has 0 heterocycles. The van der Waals surface area contributed by atoms with Crippen LogP contribution in [0.25, 0.3) is 0 Å². The van der Waals surface area contributed by atoms with Crippen LogP contribution in [0.2, 0.25) is 0 Å². The maximum Gasteiger partial charge on any atom is 0.224 e. The third-order valence-electron chi connectivity index (χ3n) is 2.66. The molecule has 0 saturated carbocycles. The molecule has 3 N–H and O–H groups in total. The second-order valence-electron chi connectivity index (χ2n) is 4.59. The Morgan fingerprint density at radius 1 is 1.30 bits per heavy atom. The summed E-state index contributed by atoms with van der Waals surface area (Å²) in [5.74, 6) is 1.28. The van der Waals surface area contributed by atoms with E-state index in [1.54, 1.807) is 12.1 Å². The number of carbonyl (C=O) groups is 1. The Labute approximate surface area is 120 Å². The topological polar surface area (TPSA) is 73.6 Å². The lowest BCUT2D eigenvalue weighted by atomic mass is 10.2. The van der Waals surface area contributed by atoms with Crippen molar-refractivity contribution in [2.45, 2.75) is 39.7 Å². The number of nitrogens with two attached hydrogens (primary N) is 1. The molecule has 1 unspecified atom stereocenters. The zero-order valence-corrected chi connectivity index (χ0v) is 12.4. The number of ether oxygens (including phenoxy) is 2. The normalized spacial score (nSPS) is 11.8. The Balaban J connectivity index is 2.78. The van der Waals surface area contributed by atoms with Crippen LogP contribution in [0.1, 0.15) is 33.6 Å². The van der Waals surface area contributed by atoms with E-state index in [1.807, 2.05) is 26.8 Å². The minimum Gasteiger partial charge on any atom is -0.494 e. The van der Waals surface area contributed by atoms with E-state index in [0.717, 1.165) is 0 Å². The number of amides is 1. The number of anilines is 1. The van der Waals surface area contributed by atoms with Gasteiger partial charge >= 0.3 is 0 Å². The first-order valence-electron chi connectivity index (χ1n) is 7.01. The maximum absolute atomic E-state index is 11.9. The van der Waals surface area contributed by atoms with Crippen molar-refractivity contribution in [1.82, 2.24) is 0 Å². The Morgan fingerprint density at radius 3 is 2.60 bits per heavy atom. The van der Waals surface area contributed by atoms with Gasteiger partial charge in [0.2, 0.25) is 5.91 Å². The van der Waals surface area contributed by atoms with Gasteiger partial charge in [-0.05, 0) is 39.3 Å². The number of carbonyl (C=O) groups excluding carboxylic acids is 1. The summed E-state index contributed by atoms with van der Waals surface area (Å²) in [7, 11) is 0. The van der Waals surface area contributed by atoms with Gasteiger partial charge < -0.3 is 20.5 Å². The number of rotatable bonds is 8. The zero-order chi connectivity index (χ0) is 15.0. The molecular weight excluding hydrogens is 256 g/mol. The van der Waals surface area contributed by atoms with Gasteiger partial charge in [0.15, 0.2) is 0 Å². The maximum atomic E-state index is 11.9. The summed E-state index contributed by atoms with van der Waals surface area (Å²) in [6.07, 6.45) is 1.04. The molecule has 0 fully saturated rings. The van der Waals surface area contributed by atoms with Crippen LogP contribution < -0.4 is 20.5 Å². The first-order chi connectivity index (χ1) is 9.56. The molecule has 0 aliphatic heterocycles. The SMILES string of the molecule is CCOc1ccc(OCC)c(NC(=O)CCC(C)N)c1. The molecule has 1 aromatic rings. The molecule has 1 amide bonds. The van der Waals surface area contributed by atoms with Crippen molar-refractivity contribution in [3.8, 4) is 11.5 Å². The second-order valence-corrected chi connectivity index (χ2v) is 4.59. The van der Waals surface area contributed by atoms with Gasteiger partial charge in [-0.25, -0.2) is 0 Å². The Kier molecular flexibility index (Phi) is 6.87. The highest BCUT2D eigenvalue weighted by atomic mass is 16.5. The fraction of sp³-hybridized carbons (Fsp3) is 0.533. The van der Waals surface area contributed by atoms with Gasteiger partial charge in [0.05, 0.1) is 18.9 Å². The standard InChI is InChI=1S/C15H24N2O3/c1-4-19-12-7-8-14(20-5-2)13(10-12)17-15(18)9-6-11(3)16/h7-8,10-11H,4-6,9,16H2,1-3H3,(H,17,18). The molecule has 0 saturated heterocycles. The highest BCUT2D eigenvalue weighted by molar-refractivity contribution is 5.92. The van der Waals surface area contributed by atoms with Gasteiger partial charge in [-0.2, -0.15) is 0 Å². The van der Waals surface area contributed by atoms with E-state index in [2.05, 4.69) is 5.32 Å². The molecule has 20 heavy (non-hydrogen) atoms. The van der Waals surface area contributed by atoms with Crippen molar-refractivity contribution in [3.05, 3.63) is 18.2 Å². The van der Waals surface area contributed by atoms with Crippen LogP contribution in [0.5, 0.6) is 11.5 Å². The average molecular weight is 280 g/mol. The van der Waals surface area contributed by atoms with Crippen LogP contribution in [-0.2, 0) is 4.79 Å². The van der Waals surface area contributed by atoms with Crippen molar-refractivity contribution in [3.63, 3.8) is 0 Å². The van der Waals surface area contributed by atoms with Crippen LogP contribution in [0.15, 0.2) is 18.2 Å². The molecule has 1 aromatic carbocycles. The lowest BCUT2D eigenvalue weighted by molar-refractivity contribution is -0.116. The van der Waals surface area contributed by atoms with E-state index >= 15 is 0 Å². The number of hydrogen-bond donors (Lipinski definition) is 2. The van der Waals surface area contributed by atoms with Crippen molar-refractivity contribution in [2.24, 2.45) is 5.73 Å². The third-order valence-corrected chi connectivity index (χ3v) is 2.66. The van der Waals surface area contributed by atoms with Crippen LogP contribution in [0.3, 0.4) is 0 Å². The number of nitrogens with one attached hydrogen (secondary N) is 1. The summed E-state index contributed by atoms with van der Waals surface area (Å²) in [5.41, 5.74) is 6.28. The fourth-order valence-corrected chi connectivity index (χ4v) is 1.72. The zero-order valence-electron chi connectivity index (χ0n) is 12.4. The first kappa shape index (κ1) is 16.3. The van der Waals surface area contributed by atoms with Crippen molar-refractivity contribution >= 4 is 11.6 Å². The smallest absolute Gasteiger partial charge is 0.224 e. The van der Waals surface area contributed by atoms with E-state index in [4.69, 9.17) is 15.2 Å². The molecule has 1 rings (SSSR count). The lowest BCUT2D eigenvalue weighted by Gasteiger charge is -2.14. The molecule has 112 valence electrons.